The molecule has 1 fully saturated rings. The van der Waals surface area contributed by atoms with Crippen LogP contribution in [0.5, 0.6) is 0 Å². The summed E-state index contributed by atoms with van der Waals surface area (Å²) in [5.74, 6) is 0.948. The van der Waals surface area contributed by atoms with Gasteiger partial charge in [-0.25, -0.2) is 0 Å². The molecule has 1 aromatic rings. The van der Waals surface area contributed by atoms with Gasteiger partial charge in [-0.3, -0.25) is 4.68 Å². The van der Waals surface area contributed by atoms with E-state index in [0.717, 1.165) is 23.0 Å². The molecule has 0 atom stereocenters. The zero-order valence-corrected chi connectivity index (χ0v) is 12.1. The molecular formula is C13H21ClN2S. The Morgan fingerprint density at radius 3 is 2.47 bits per heavy atom. The van der Waals surface area contributed by atoms with Gasteiger partial charge in [0.15, 0.2) is 0 Å². The van der Waals surface area contributed by atoms with Crippen LogP contribution in [0.4, 0.5) is 0 Å². The maximum Gasteiger partial charge on any atom is 0.0814 e. The van der Waals surface area contributed by atoms with Crippen LogP contribution in [0.15, 0.2) is 6.20 Å². The Morgan fingerprint density at radius 1 is 1.35 bits per heavy atom. The molecule has 1 aliphatic carbocycles. The zero-order chi connectivity index (χ0) is 12.3. The van der Waals surface area contributed by atoms with Crippen LogP contribution >= 0.6 is 24.2 Å². The molecule has 1 aromatic heterocycles. The van der Waals surface area contributed by atoms with E-state index < -0.39 is 0 Å². The van der Waals surface area contributed by atoms with Crippen molar-refractivity contribution < 1.29 is 0 Å². The lowest BCUT2D eigenvalue weighted by Gasteiger charge is -2.31. The predicted molar refractivity (Wildman–Crippen MR) is 76.0 cm³/mol. The molecular weight excluding hydrogens is 252 g/mol. The molecule has 0 bridgehead atoms. The predicted octanol–water partition coefficient (Wildman–Crippen LogP) is 4.12. The van der Waals surface area contributed by atoms with Gasteiger partial charge in [0.05, 0.1) is 16.9 Å². The molecule has 0 amide bonds. The first-order valence-electron chi connectivity index (χ1n) is 6.46. The van der Waals surface area contributed by atoms with E-state index in [9.17, 15) is 0 Å². The van der Waals surface area contributed by atoms with Crippen molar-refractivity contribution in [2.45, 2.75) is 52.0 Å². The maximum atomic E-state index is 6.07. The van der Waals surface area contributed by atoms with Gasteiger partial charge in [-0.2, -0.15) is 17.7 Å². The van der Waals surface area contributed by atoms with E-state index in [-0.39, 0.29) is 0 Å². The minimum Gasteiger partial charge on any atom is -0.268 e. The second kappa shape index (κ2) is 5.66. The topological polar surface area (TPSA) is 17.8 Å². The molecule has 1 aliphatic rings. The summed E-state index contributed by atoms with van der Waals surface area (Å²) in [4.78, 5) is 0. The summed E-state index contributed by atoms with van der Waals surface area (Å²) in [5, 5.41) is 5.16. The zero-order valence-electron chi connectivity index (χ0n) is 10.5. The number of hydrogen-bond acceptors (Lipinski definition) is 2. The molecule has 17 heavy (non-hydrogen) atoms. The average molecular weight is 273 g/mol. The highest BCUT2D eigenvalue weighted by molar-refractivity contribution is 7.80. The van der Waals surface area contributed by atoms with Crippen molar-refractivity contribution in [1.82, 2.24) is 9.78 Å². The van der Waals surface area contributed by atoms with Crippen molar-refractivity contribution in [3.8, 4) is 0 Å². The Kier molecular flexibility index (Phi) is 4.42. The summed E-state index contributed by atoms with van der Waals surface area (Å²) < 4.78 is 2.06. The second-order valence-corrected chi connectivity index (χ2v) is 6.03. The lowest BCUT2D eigenvalue weighted by molar-refractivity contribution is 0.228. The summed E-state index contributed by atoms with van der Waals surface area (Å²) in [6.07, 6.45) is 9.69. The largest absolute Gasteiger partial charge is 0.268 e. The highest BCUT2D eigenvalue weighted by Gasteiger charge is 2.30. The van der Waals surface area contributed by atoms with Gasteiger partial charge in [-0.05, 0) is 30.9 Å². The van der Waals surface area contributed by atoms with Gasteiger partial charge in [0.1, 0.15) is 0 Å². The fraction of sp³-hybridized carbons (Fsp3) is 0.769. The number of aromatic nitrogens is 2. The monoisotopic (exact) mass is 272 g/mol. The first kappa shape index (κ1) is 13.3. The number of thiol groups is 1. The fourth-order valence-corrected chi connectivity index (χ4v) is 3.30. The van der Waals surface area contributed by atoms with Crippen LogP contribution in [0.25, 0.3) is 0 Å². The van der Waals surface area contributed by atoms with E-state index >= 15 is 0 Å². The lowest BCUT2D eigenvalue weighted by atomic mass is 9.82. The normalized spacial score (nSPS) is 20.2. The van der Waals surface area contributed by atoms with Gasteiger partial charge in [0, 0.05) is 6.54 Å². The van der Waals surface area contributed by atoms with Crippen molar-refractivity contribution in [1.29, 1.82) is 0 Å². The first-order chi connectivity index (χ1) is 8.17. The van der Waals surface area contributed by atoms with Gasteiger partial charge < -0.3 is 0 Å². The molecule has 0 aromatic carbocycles. The summed E-state index contributed by atoms with van der Waals surface area (Å²) in [7, 11) is 0. The van der Waals surface area contributed by atoms with E-state index in [1.54, 1.807) is 6.20 Å². The first-order valence-corrected chi connectivity index (χ1v) is 7.47. The Balaban J connectivity index is 2.15. The molecule has 1 heterocycles. The Morgan fingerprint density at radius 2 is 2.00 bits per heavy atom. The van der Waals surface area contributed by atoms with E-state index in [4.69, 9.17) is 11.6 Å². The quantitative estimate of drug-likeness (QED) is 0.647. The molecule has 0 aliphatic heterocycles. The molecule has 96 valence electrons. The smallest absolute Gasteiger partial charge is 0.0814 e. The third kappa shape index (κ3) is 3.00. The Labute approximate surface area is 114 Å². The van der Waals surface area contributed by atoms with Gasteiger partial charge in [0.2, 0.25) is 0 Å². The fourth-order valence-electron chi connectivity index (χ4n) is 2.75. The van der Waals surface area contributed by atoms with Gasteiger partial charge in [-0.15, -0.1) is 0 Å². The highest BCUT2D eigenvalue weighted by atomic mass is 35.5. The molecule has 2 rings (SSSR count). The van der Waals surface area contributed by atoms with Crippen molar-refractivity contribution in [3.63, 3.8) is 0 Å². The van der Waals surface area contributed by atoms with E-state index in [2.05, 4.69) is 22.4 Å². The van der Waals surface area contributed by atoms with Crippen molar-refractivity contribution in [2.24, 2.45) is 5.41 Å². The van der Waals surface area contributed by atoms with Crippen molar-refractivity contribution >= 4 is 24.2 Å². The van der Waals surface area contributed by atoms with Crippen molar-refractivity contribution in [2.75, 3.05) is 5.75 Å². The SMILES string of the molecule is Cc1c(Cl)cnn1CC1(CS)CCCCCC1. The summed E-state index contributed by atoms with van der Waals surface area (Å²) >= 11 is 10.7. The summed E-state index contributed by atoms with van der Waals surface area (Å²) in [6.45, 7) is 3.01. The second-order valence-electron chi connectivity index (χ2n) is 5.31. The molecule has 0 spiro atoms. The van der Waals surface area contributed by atoms with Gasteiger partial charge in [0.25, 0.3) is 0 Å². The minimum absolute atomic E-state index is 0.319. The number of rotatable bonds is 3. The van der Waals surface area contributed by atoms with Crippen LogP contribution in [-0.2, 0) is 6.54 Å². The van der Waals surface area contributed by atoms with Crippen LogP contribution in [-0.4, -0.2) is 15.5 Å². The third-order valence-corrected chi connectivity index (χ3v) is 5.07. The number of nitrogens with zero attached hydrogens (tertiary/aromatic N) is 2. The van der Waals surface area contributed by atoms with Crippen LogP contribution in [0, 0.1) is 12.3 Å². The number of halogens is 1. The van der Waals surface area contributed by atoms with Gasteiger partial charge in [-0.1, -0.05) is 37.3 Å². The van der Waals surface area contributed by atoms with E-state index in [0.29, 0.717) is 5.41 Å². The molecule has 1 saturated carbocycles. The van der Waals surface area contributed by atoms with E-state index in [1.807, 2.05) is 6.92 Å². The minimum atomic E-state index is 0.319. The standard InChI is InChI=1S/C13H21ClN2S/c1-11-12(14)8-15-16(11)9-13(10-17)6-4-2-3-5-7-13/h8,17H,2-7,9-10H2,1H3. The van der Waals surface area contributed by atoms with E-state index in [1.165, 1.54) is 38.5 Å². The van der Waals surface area contributed by atoms with Crippen LogP contribution < -0.4 is 0 Å². The number of hydrogen-bond donors (Lipinski definition) is 1. The van der Waals surface area contributed by atoms with Crippen LogP contribution in [0.1, 0.15) is 44.2 Å². The molecule has 0 unspecified atom stereocenters. The average Bonchev–Trinajstić information content (AvgIpc) is 2.59. The summed E-state index contributed by atoms with van der Waals surface area (Å²) in [6, 6.07) is 0. The van der Waals surface area contributed by atoms with Crippen LogP contribution in [0.3, 0.4) is 0 Å². The molecule has 0 saturated heterocycles. The third-order valence-electron chi connectivity index (χ3n) is 4.03. The molecule has 2 nitrogen and oxygen atoms in total. The Hall–Kier alpha value is -0.150. The highest BCUT2D eigenvalue weighted by Crippen LogP contribution is 2.38. The van der Waals surface area contributed by atoms with Crippen LogP contribution in [0.2, 0.25) is 5.02 Å². The molecule has 4 heteroatoms. The molecule has 0 N–H and O–H groups in total. The molecule has 0 radical (unpaired) electrons. The Bertz CT molecular complexity index is 367. The van der Waals surface area contributed by atoms with Gasteiger partial charge >= 0.3 is 0 Å². The lowest BCUT2D eigenvalue weighted by Crippen LogP contribution is -2.29. The van der Waals surface area contributed by atoms with Crippen molar-refractivity contribution in [3.05, 3.63) is 16.9 Å². The summed E-state index contributed by atoms with van der Waals surface area (Å²) in [5.41, 5.74) is 1.40. The maximum absolute atomic E-state index is 6.07.